The minimum Gasteiger partial charge on any atom is -0.481 e. The van der Waals surface area contributed by atoms with Gasteiger partial charge in [-0.05, 0) is 18.3 Å². The van der Waals surface area contributed by atoms with Crippen molar-refractivity contribution >= 4 is 5.97 Å². The first-order valence-corrected chi connectivity index (χ1v) is 4.28. The van der Waals surface area contributed by atoms with Crippen LogP contribution in [0.4, 0.5) is 0 Å². The first kappa shape index (κ1) is 11.4. The van der Waals surface area contributed by atoms with Gasteiger partial charge in [0, 0.05) is 12.5 Å². The minimum absolute atomic E-state index is 0.0149. The van der Waals surface area contributed by atoms with Crippen LogP contribution in [0.5, 0.6) is 0 Å². The SMILES string of the molecule is CC(C)(C)CC(N)CCC(=O)O. The van der Waals surface area contributed by atoms with E-state index in [0.29, 0.717) is 6.42 Å². The summed E-state index contributed by atoms with van der Waals surface area (Å²) in [6.45, 7) is 6.31. The highest BCUT2D eigenvalue weighted by molar-refractivity contribution is 5.66. The second-order valence-electron chi connectivity index (χ2n) is 4.46. The zero-order valence-corrected chi connectivity index (χ0v) is 8.13. The van der Waals surface area contributed by atoms with Crippen molar-refractivity contribution in [3.63, 3.8) is 0 Å². The van der Waals surface area contributed by atoms with Gasteiger partial charge in [-0.2, -0.15) is 0 Å². The molecule has 0 aromatic rings. The Bertz CT molecular complexity index is 149. The lowest BCUT2D eigenvalue weighted by Crippen LogP contribution is -2.26. The maximum Gasteiger partial charge on any atom is 0.303 e. The van der Waals surface area contributed by atoms with Crippen LogP contribution in [0.15, 0.2) is 0 Å². The summed E-state index contributed by atoms with van der Waals surface area (Å²) in [7, 11) is 0. The van der Waals surface area contributed by atoms with Crippen LogP contribution in [0, 0.1) is 5.41 Å². The van der Waals surface area contributed by atoms with E-state index in [-0.39, 0.29) is 17.9 Å². The molecule has 3 N–H and O–H groups in total. The number of aliphatic carboxylic acids is 1. The first-order valence-electron chi connectivity index (χ1n) is 4.28. The molecule has 1 atom stereocenters. The summed E-state index contributed by atoms with van der Waals surface area (Å²) in [5, 5.41) is 8.41. The summed E-state index contributed by atoms with van der Waals surface area (Å²) in [6, 6.07) is 0.0149. The second-order valence-corrected chi connectivity index (χ2v) is 4.46. The van der Waals surface area contributed by atoms with Crippen molar-refractivity contribution in [2.45, 2.75) is 46.1 Å². The number of carbonyl (C=O) groups is 1. The molecule has 0 aliphatic carbocycles. The van der Waals surface area contributed by atoms with Crippen LogP contribution in [0.25, 0.3) is 0 Å². The molecule has 0 saturated heterocycles. The molecule has 3 nitrogen and oxygen atoms in total. The van der Waals surface area contributed by atoms with Gasteiger partial charge < -0.3 is 10.8 Å². The van der Waals surface area contributed by atoms with Crippen LogP contribution >= 0.6 is 0 Å². The second kappa shape index (κ2) is 4.45. The zero-order chi connectivity index (χ0) is 9.78. The van der Waals surface area contributed by atoms with E-state index in [4.69, 9.17) is 10.8 Å². The Morgan fingerprint density at radius 1 is 1.50 bits per heavy atom. The summed E-state index contributed by atoms with van der Waals surface area (Å²) in [5.41, 5.74) is 5.94. The highest BCUT2D eigenvalue weighted by Crippen LogP contribution is 2.21. The van der Waals surface area contributed by atoms with Gasteiger partial charge in [-0.25, -0.2) is 0 Å². The maximum absolute atomic E-state index is 10.2. The monoisotopic (exact) mass is 173 g/mol. The van der Waals surface area contributed by atoms with Crippen molar-refractivity contribution in [3.8, 4) is 0 Å². The molecule has 3 heteroatoms. The molecule has 0 rings (SSSR count). The molecule has 0 radical (unpaired) electrons. The number of rotatable bonds is 4. The average molecular weight is 173 g/mol. The largest absolute Gasteiger partial charge is 0.481 e. The number of carboxylic acids is 1. The van der Waals surface area contributed by atoms with Crippen LogP contribution < -0.4 is 5.73 Å². The van der Waals surface area contributed by atoms with E-state index in [1.165, 1.54) is 0 Å². The Balaban J connectivity index is 3.60. The predicted molar refractivity (Wildman–Crippen MR) is 48.9 cm³/mol. The van der Waals surface area contributed by atoms with Gasteiger partial charge in [0.1, 0.15) is 0 Å². The number of nitrogens with two attached hydrogens (primary N) is 1. The van der Waals surface area contributed by atoms with Gasteiger partial charge in [0.25, 0.3) is 0 Å². The van der Waals surface area contributed by atoms with E-state index in [1.807, 2.05) is 0 Å². The summed E-state index contributed by atoms with van der Waals surface area (Å²) in [5.74, 6) is -0.764. The van der Waals surface area contributed by atoms with Gasteiger partial charge in [0.15, 0.2) is 0 Å². The van der Waals surface area contributed by atoms with Gasteiger partial charge in [-0.1, -0.05) is 20.8 Å². The number of carboxylic acid groups (broad SMARTS) is 1. The molecule has 0 saturated carbocycles. The molecule has 0 aromatic heterocycles. The maximum atomic E-state index is 10.2. The molecule has 12 heavy (non-hydrogen) atoms. The highest BCUT2D eigenvalue weighted by atomic mass is 16.4. The van der Waals surface area contributed by atoms with Gasteiger partial charge >= 0.3 is 5.97 Å². The van der Waals surface area contributed by atoms with Crippen LogP contribution in [0.3, 0.4) is 0 Å². The van der Waals surface area contributed by atoms with Crippen molar-refractivity contribution in [3.05, 3.63) is 0 Å². The summed E-state index contributed by atoms with van der Waals surface area (Å²) in [6.07, 6.45) is 1.63. The molecule has 0 aliphatic heterocycles. The third-order valence-corrected chi connectivity index (χ3v) is 1.60. The molecule has 0 spiro atoms. The Morgan fingerprint density at radius 2 is 2.00 bits per heavy atom. The normalized spacial score (nSPS) is 14.3. The van der Waals surface area contributed by atoms with E-state index in [0.717, 1.165) is 6.42 Å². The van der Waals surface area contributed by atoms with E-state index in [2.05, 4.69) is 20.8 Å². The Morgan fingerprint density at radius 3 is 2.33 bits per heavy atom. The fraction of sp³-hybridized carbons (Fsp3) is 0.889. The van der Waals surface area contributed by atoms with Crippen LogP contribution in [-0.2, 0) is 4.79 Å². The smallest absolute Gasteiger partial charge is 0.303 e. The molecule has 0 fully saturated rings. The van der Waals surface area contributed by atoms with Crippen molar-refractivity contribution in [2.75, 3.05) is 0 Å². The zero-order valence-electron chi connectivity index (χ0n) is 8.13. The highest BCUT2D eigenvalue weighted by Gasteiger charge is 2.15. The fourth-order valence-corrected chi connectivity index (χ4v) is 1.20. The van der Waals surface area contributed by atoms with Crippen LogP contribution in [-0.4, -0.2) is 17.1 Å². The standard InChI is InChI=1S/C9H19NO2/c1-9(2,3)6-7(10)4-5-8(11)12/h7H,4-6,10H2,1-3H3,(H,11,12). The topological polar surface area (TPSA) is 63.3 Å². The van der Waals surface area contributed by atoms with Crippen LogP contribution in [0.1, 0.15) is 40.0 Å². The van der Waals surface area contributed by atoms with Crippen molar-refractivity contribution in [2.24, 2.45) is 11.1 Å². The Kier molecular flexibility index (Phi) is 4.24. The minimum atomic E-state index is -0.764. The molecule has 1 unspecified atom stereocenters. The third kappa shape index (κ3) is 7.54. The van der Waals surface area contributed by atoms with E-state index < -0.39 is 5.97 Å². The lowest BCUT2D eigenvalue weighted by molar-refractivity contribution is -0.137. The molecule has 0 amide bonds. The van der Waals surface area contributed by atoms with E-state index in [1.54, 1.807) is 0 Å². The van der Waals surface area contributed by atoms with Crippen molar-refractivity contribution in [1.29, 1.82) is 0 Å². The number of hydrogen-bond acceptors (Lipinski definition) is 2. The lowest BCUT2D eigenvalue weighted by Gasteiger charge is -2.22. The summed E-state index contributed by atoms with van der Waals surface area (Å²) < 4.78 is 0. The van der Waals surface area contributed by atoms with E-state index in [9.17, 15) is 4.79 Å². The first-order chi connectivity index (χ1) is 5.31. The van der Waals surface area contributed by atoms with E-state index >= 15 is 0 Å². The molecule has 72 valence electrons. The van der Waals surface area contributed by atoms with Gasteiger partial charge in [-0.3, -0.25) is 4.79 Å². The molecule has 0 bridgehead atoms. The Hall–Kier alpha value is -0.570. The number of hydrogen-bond donors (Lipinski definition) is 2. The van der Waals surface area contributed by atoms with Crippen molar-refractivity contribution < 1.29 is 9.90 Å². The molecule has 0 aromatic carbocycles. The molecule has 0 heterocycles. The van der Waals surface area contributed by atoms with Crippen molar-refractivity contribution in [1.82, 2.24) is 0 Å². The van der Waals surface area contributed by atoms with Gasteiger partial charge in [-0.15, -0.1) is 0 Å². The molecular weight excluding hydrogens is 154 g/mol. The molecule has 0 aliphatic rings. The third-order valence-electron chi connectivity index (χ3n) is 1.60. The Labute approximate surface area is 74.0 Å². The summed E-state index contributed by atoms with van der Waals surface area (Å²) in [4.78, 5) is 10.2. The fourth-order valence-electron chi connectivity index (χ4n) is 1.20. The quantitative estimate of drug-likeness (QED) is 0.679. The van der Waals surface area contributed by atoms with Gasteiger partial charge in [0.2, 0.25) is 0 Å². The van der Waals surface area contributed by atoms with Crippen LogP contribution in [0.2, 0.25) is 0 Å². The lowest BCUT2D eigenvalue weighted by atomic mass is 9.87. The average Bonchev–Trinajstić information content (AvgIpc) is 1.79. The van der Waals surface area contributed by atoms with Gasteiger partial charge in [0.05, 0.1) is 0 Å². The predicted octanol–water partition coefficient (Wildman–Crippen LogP) is 1.61. The molecular formula is C9H19NO2. The summed E-state index contributed by atoms with van der Waals surface area (Å²) >= 11 is 0.